The Morgan fingerprint density at radius 2 is 1.85 bits per heavy atom. The quantitative estimate of drug-likeness (QED) is 0.543. The average Bonchev–Trinajstić information content (AvgIpc) is 3.49. The van der Waals surface area contributed by atoms with Crippen molar-refractivity contribution in [3.8, 4) is 5.75 Å². The molecule has 1 aliphatic carbocycles. The number of nitrogens with one attached hydrogen (secondary N) is 2. The molecule has 2 aromatic carbocycles. The molecule has 172 valence electrons. The number of H-pyrrole nitrogens is 1. The standard InChI is InChI=1S/C25H27FN4O3/c1-4-30(5-2)24(32)25(14-15-25)27-23(31)18-11-13-20-21(22(18)33-3)19(28-29-20)12-8-16-6-9-17(26)10-7-16/h6-13H,4-5,14-15H2,1-3H3,(H,27,31)(H,28,29). The molecule has 2 amide bonds. The van der Waals surface area contributed by atoms with Crippen LogP contribution in [0.3, 0.4) is 0 Å². The number of likely N-dealkylation sites (N-methyl/N-ethyl adjacent to an activating group) is 1. The van der Waals surface area contributed by atoms with Crippen molar-refractivity contribution < 1.29 is 18.7 Å². The fourth-order valence-corrected chi connectivity index (χ4v) is 3.98. The van der Waals surface area contributed by atoms with Gasteiger partial charge < -0.3 is 15.0 Å². The molecule has 0 spiro atoms. The van der Waals surface area contributed by atoms with Crippen LogP contribution in [0.1, 0.15) is 48.3 Å². The summed E-state index contributed by atoms with van der Waals surface area (Å²) in [6.45, 7) is 5.05. The summed E-state index contributed by atoms with van der Waals surface area (Å²) in [5.41, 5.74) is 1.60. The van der Waals surface area contributed by atoms with E-state index in [2.05, 4.69) is 15.5 Å². The predicted octanol–water partition coefficient (Wildman–Crippen LogP) is 4.01. The number of carbonyl (C=O) groups is 2. The van der Waals surface area contributed by atoms with Crippen LogP contribution in [0, 0.1) is 5.82 Å². The Bertz CT molecular complexity index is 1210. The number of rotatable bonds is 8. The summed E-state index contributed by atoms with van der Waals surface area (Å²) < 4.78 is 18.8. The Labute approximate surface area is 191 Å². The van der Waals surface area contributed by atoms with Crippen molar-refractivity contribution in [3.63, 3.8) is 0 Å². The van der Waals surface area contributed by atoms with Crippen molar-refractivity contribution in [1.82, 2.24) is 20.4 Å². The summed E-state index contributed by atoms with van der Waals surface area (Å²) >= 11 is 0. The van der Waals surface area contributed by atoms with Gasteiger partial charge in [0.15, 0.2) is 0 Å². The minimum Gasteiger partial charge on any atom is -0.495 e. The van der Waals surface area contributed by atoms with Crippen LogP contribution in [0.25, 0.3) is 23.1 Å². The number of aromatic nitrogens is 2. The molecule has 0 aliphatic heterocycles. The van der Waals surface area contributed by atoms with Gasteiger partial charge in [0.25, 0.3) is 5.91 Å². The van der Waals surface area contributed by atoms with Crippen molar-refractivity contribution in [3.05, 3.63) is 59.0 Å². The SMILES string of the molecule is CCN(CC)C(=O)C1(NC(=O)c2ccc3n[nH]c(C=Cc4ccc(F)cc4)c3c2OC)CC1. The number of benzene rings is 2. The van der Waals surface area contributed by atoms with Gasteiger partial charge in [-0.1, -0.05) is 18.2 Å². The highest BCUT2D eigenvalue weighted by Crippen LogP contribution is 2.39. The first kappa shape index (κ1) is 22.5. The highest BCUT2D eigenvalue weighted by molar-refractivity contribution is 6.07. The van der Waals surface area contributed by atoms with E-state index in [-0.39, 0.29) is 17.6 Å². The maximum absolute atomic E-state index is 13.2. The van der Waals surface area contributed by atoms with E-state index in [1.807, 2.05) is 19.9 Å². The Balaban J connectivity index is 1.65. The first-order valence-electron chi connectivity index (χ1n) is 11.0. The lowest BCUT2D eigenvalue weighted by atomic mass is 10.1. The summed E-state index contributed by atoms with van der Waals surface area (Å²) in [6, 6.07) is 9.51. The largest absolute Gasteiger partial charge is 0.495 e. The Morgan fingerprint density at radius 3 is 2.45 bits per heavy atom. The number of aromatic amines is 1. The van der Waals surface area contributed by atoms with Gasteiger partial charge in [-0.05, 0) is 62.6 Å². The normalized spacial score (nSPS) is 14.4. The van der Waals surface area contributed by atoms with E-state index in [0.717, 1.165) is 5.56 Å². The van der Waals surface area contributed by atoms with Crippen LogP contribution in [0.15, 0.2) is 36.4 Å². The van der Waals surface area contributed by atoms with Gasteiger partial charge in [0.1, 0.15) is 17.1 Å². The molecule has 1 aromatic heterocycles. The maximum atomic E-state index is 13.2. The van der Waals surface area contributed by atoms with Crippen LogP contribution in [0.5, 0.6) is 5.75 Å². The number of halogens is 1. The number of nitrogens with zero attached hydrogens (tertiary/aromatic N) is 2. The van der Waals surface area contributed by atoms with Crippen LogP contribution in [0.4, 0.5) is 4.39 Å². The fraction of sp³-hybridized carbons (Fsp3) is 0.320. The molecule has 7 nitrogen and oxygen atoms in total. The highest BCUT2D eigenvalue weighted by Gasteiger charge is 2.52. The summed E-state index contributed by atoms with van der Waals surface area (Å²) in [5.74, 6) is -0.332. The number of ether oxygens (including phenoxy) is 1. The molecule has 1 heterocycles. The Hall–Kier alpha value is -3.68. The van der Waals surface area contributed by atoms with Crippen molar-refractivity contribution in [2.45, 2.75) is 32.2 Å². The smallest absolute Gasteiger partial charge is 0.255 e. The zero-order valence-corrected chi connectivity index (χ0v) is 18.9. The Morgan fingerprint density at radius 1 is 1.15 bits per heavy atom. The number of hydrogen-bond donors (Lipinski definition) is 2. The third-order valence-electron chi connectivity index (χ3n) is 6.03. The second kappa shape index (κ2) is 9.05. The molecule has 0 saturated heterocycles. The highest BCUT2D eigenvalue weighted by atomic mass is 19.1. The molecule has 1 aliphatic rings. The van der Waals surface area contributed by atoms with Crippen molar-refractivity contribution in [2.24, 2.45) is 0 Å². The van der Waals surface area contributed by atoms with Gasteiger partial charge in [-0.15, -0.1) is 0 Å². The fourth-order valence-electron chi connectivity index (χ4n) is 3.98. The zero-order valence-electron chi connectivity index (χ0n) is 18.9. The van der Waals surface area contributed by atoms with Crippen molar-refractivity contribution in [1.29, 1.82) is 0 Å². The molecule has 2 N–H and O–H groups in total. The van der Waals surface area contributed by atoms with Crippen molar-refractivity contribution >= 4 is 34.9 Å². The molecule has 33 heavy (non-hydrogen) atoms. The van der Waals surface area contributed by atoms with Gasteiger partial charge in [-0.25, -0.2) is 4.39 Å². The number of carbonyl (C=O) groups excluding carboxylic acids is 2. The number of hydrogen-bond acceptors (Lipinski definition) is 4. The molecule has 4 rings (SSSR count). The van der Waals surface area contributed by atoms with Gasteiger partial charge in [0.2, 0.25) is 5.91 Å². The molecule has 0 radical (unpaired) electrons. The number of fused-ring (bicyclic) bond motifs is 1. The van der Waals surface area contributed by atoms with E-state index >= 15 is 0 Å². The summed E-state index contributed by atoms with van der Waals surface area (Å²) in [5, 5.41) is 10.9. The van der Waals surface area contributed by atoms with E-state index < -0.39 is 5.54 Å². The van der Waals surface area contributed by atoms with E-state index in [0.29, 0.717) is 53.8 Å². The molecule has 0 unspecified atom stereocenters. The van der Waals surface area contributed by atoms with Gasteiger partial charge in [-0.3, -0.25) is 14.7 Å². The topological polar surface area (TPSA) is 87.3 Å². The number of methoxy groups -OCH3 is 1. The van der Waals surface area contributed by atoms with Crippen LogP contribution in [-0.2, 0) is 4.79 Å². The molecule has 0 atom stereocenters. The van der Waals surface area contributed by atoms with Crippen LogP contribution >= 0.6 is 0 Å². The summed E-state index contributed by atoms with van der Waals surface area (Å²) in [6.07, 6.45) is 4.87. The summed E-state index contributed by atoms with van der Waals surface area (Å²) in [4.78, 5) is 27.9. The molecule has 8 heteroatoms. The van der Waals surface area contributed by atoms with E-state index in [4.69, 9.17) is 4.74 Å². The lowest BCUT2D eigenvalue weighted by molar-refractivity contribution is -0.134. The van der Waals surface area contributed by atoms with E-state index in [9.17, 15) is 14.0 Å². The molecule has 1 saturated carbocycles. The second-order valence-electron chi connectivity index (χ2n) is 8.08. The lowest BCUT2D eigenvalue weighted by Gasteiger charge is -2.26. The van der Waals surface area contributed by atoms with Gasteiger partial charge in [0.05, 0.1) is 29.3 Å². The minimum atomic E-state index is -0.842. The van der Waals surface area contributed by atoms with E-state index in [1.165, 1.54) is 19.2 Å². The maximum Gasteiger partial charge on any atom is 0.255 e. The first-order chi connectivity index (χ1) is 15.9. The van der Waals surface area contributed by atoms with Gasteiger partial charge in [-0.2, -0.15) is 5.10 Å². The third kappa shape index (κ3) is 4.33. The molecule has 3 aromatic rings. The molecule has 0 bridgehead atoms. The Kier molecular flexibility index (Phi) is 6.18. The van der Waals surface area contributed by atoms with Crippen LogP contribution in [-0.4, -0.2) is 52.6 Å². The monoisotopic (exact) mass is 450 g/mol. The molecule has 1 fully saturated rings. The van der Waals surface area contributed by atoms with Crippen LogP contribution in [0.2, 0.25) is 0 Å². The van der Waals surface area contributed by atoms with Gasteiger partial charge >= 0.3 is 0 Å². The first-order valence-corrected chi connectivity index (χ1v) is 11.0. The minimum absolute atomic E-state index is 0.0490. The summed E-state index contributed by atoms with van der Waals surface area (Å²) in [7, 11) is 1.50. The predicted molar refractivity (Wildman–Crippen MR) is 125 cm³/mol. The van der Waals surface area contributed by atoms with Crippen molar-refractivity contribution in [2.75, 3.05) is 20.2 Å². The van der Waals surface area contributed by atoms with Gasteiger partial charge in [0, 0.05) is 13.1 Å². The van der Waals surface area contributed by atoms with Crippen LogP contribution < -0.4 is 10.1 Å². The third-order valence-corrected chi connectivity index (χ3v) is 6.03. The average molecular weight is 451 g/mol. The number of amides is 2. The molecular weight excluding hydrogens is 423 g/mol. The lowest BCUT2D eigenvalue weighted by Crippen LogP contribution is -2.50. The molecular formula is C25H27FN4O3. The zero-order chi connectivity index (χ0) is 23.6. The second-order valence-corrected chi connectivity index (χ2v) is 8.08. The van der Waals surface area contributed by atoms with E-state index in [1.54, 1.807) is 35.2 Å².